The first-order valence-electron chi connectivity index (χ1n) is 8.98. The number of nitrogens with zero attached hydrogens (tertiary/aromatic N) is 3. The number of carbonyl (C=O) groups excluding carboxylic acids is 1. The van der Waals surface area contributed by atoms with Crippen molar-refractivity contribution in [3.05, 3.63) is 29.8 Å². The molecule has 0 saturated carbocycles. The number of hydrogen-bond donors (Lipinski definition) is 0. The van der Waals surface area contributed by atoms with Crippen LogP contribution in [0.25, 0.3) is 0 Å². The summed E-state index contributed by atoms with van der Waals surface area (Å²) in [7, 11) is 3.82. The molecule has 2 fully saturated rings. The van der Waals surface area contributed by atoms with Crippen LogP contribution in [0.1, 0.15) is 18.4 Å². The zero-order valence-electron chi connectivity index (χ0n) is 14.9. The number of likely N-dealkylation sites (tertiary alicyclic amines) is 1. The number of hydrogen-bond acceptors (Lipinski definition) is 4. The topological polar surface area (TPSA) is 36.0 Å². The van der Waals surface area contributed by atoms with Gasteiger partial charge in [-0.3, -0.25) is 9.69 Å². The van der Waals surface area contributed by atoms with Crippen LogP contribution in [0.2, 0.25) is 0 Å². The van der Waals surface area contributed by atoms with E-state index in [9.17, 15) is 4.79 Å². The Kier molecular flexibility index (Phi) is 5.74. The van der Waals surface area contributed by atoms with Crippen LogP contribution in [0.5, 0.6) is 5.75 Å². The van der Waals surface area contributed by atoms with Crippen LogP contribution in [0.3, 0.4) is 0 Å². The van der Waals surface area contributed by atoms with Gasteiger partial charge in [-0.2, -0.15) is 0 Å². The zero-order valence-corrected chi connectivity index (χ0v) is 14.9. The van der Waals surface area contributed by atoms with Gasteiger partial charge in [0, 0.05) is 39.3 Å². The molecule has 3 rings (SSSR count). The highest BCUT2D eigenvalue weighted by Gasteiger charge is 2.30. The zero-order chi connectivity index (χ0) is 16.9. The van der Waals surface area contributed by atoms with Crippen molar-refractivity contribution in [2.45, 2.75) is 19.4 Å². The fraction of sp³-hybridized carbons (Fsp3) is 0.632. The second kappa shape index (κ2) is 7.99. The average molecular weight is 331 g/mol. The van der Waals surface area contributed by atoms with E-state index in [1.165, 1.54) is 5.56 Å². The first kappa shape index (κ1) is 17.2. The van der Waals surface area contributed by atoms with Gasteiger partial charge in [-0.1, -0.05) is 12.1 Å². The Morgan fingerprint density at radius 3 is 2.75 bits per heavy atom. The first-order chi connectivity index (χ1) is 11.7. The maximum absolute atomic E-state index is 12.8. The highest BCUT2D eigenvalue weighted by molar-refractivity contribution is 5.79. The van der Waals surface area contributed by atoms with E-state index in [0.717, 1.165) is 64.4 Å². The lowest BCUT2D eigenvalue weighted by molar-refractivity contribution is -0.139. The predicted octanol–water partition coefficient (Wildman–Crippen LogP) is 1.68. The smallest absolute Gasteiger partial charge is 0.227 e. The minimum absolute atomic E-state index is 0.160. The third kappa shape index (κ3) is 4.28. The van der Waals surface area contributed by atoms with E-state index in [1.54, 1.807) is 7.11 Å². The maximum atomic E-state index is 12.8. The fourth-order valence-corrected chi connectivity index (χ4v) is 3.71. The molecule has 132 valence electrons. The Labute approximate surface area is 145 Å². The van der Waals surface area contributed by atoms with Gasteiger partial charge < -0.3 is 14.5 Å². The molecule has 0 aromatic heterocycles. The minimum atomic E-state index is 0.160. The molecule has 2 saturated heterocycles. The standard InChI is InChI=1S/C19H29N3O2/c1-20-9-11-22(12-10-20)19(23)17-6-4-8-21(15-17)14-16-5-3-7-18(13-16)24-2/h3,5,7,13,17H,4,6,8-12,14-15H2,1-2H3. The van der Waals surface area contributed by atoms with Gasteiger partial charge >= 0.3 is 0 Å². The SMILES string of the molecule is COc1cccc(CN2CCCC(C(=O)N3CCN(C)CC3)C2)c1. The number of benzene rings is 1. The summed E-state index contributed by atoms with van der Waals surface area (Å²) in [5.41, 5.74) is 1.25. The molecule has 24 heavy (non-hydrogen) atoms. The van der Waals surface area contributed by atoms with E-state index in [1.807, 2.05) is 12.1 Å². The van der Waals surface area contributed by atoms with Gasteiger partial charge in [-0.25, -0.2) is 0 Å². The number of piperazine rings is 1. The first-order valence-corrected chi connectivity index (χ1v) is 8.98. The van der Waals surface area contributed by atoms with Gasteiger partial charge in [-0.15, -0.1) is 0 Å². The van der Waals surface area contributed by atoms with E-state index >= 15 is 0 Å². The molecule has 0 aliphatic carbocycles. The molecule has 1 unspecified atom stereocenters. The normalized spacial score (nSPS) is 23.2. The summed E-state index contributed by atoms with van der Waals surface area (Å²) in [5.74, 6) is 1.42. The average Bonchev–Trinajstić information content (AvgIpc) is 2.62. The van der Waals surface area contributed by atoms with E-state index in [0.29, 0.717) is 5.91 Å². The third-order valence-electron chi connectivity index (χ3n) is 5.21. The van der Waals surface area contributed by atoms with Gasteiger partial charge in [0.05, 0.1) is 13.0 Å². The summed E-state index contributed by atoms with van der Waals surface area (Å²) in [6, 6.07) is 8.23. The van der Waals surface area contributed by atoms with Crippen molar-refractivity contribution in [2.24, 2.45) is 5.92 Å². The molecule has 5 heteroatoms. The molecule has 1 aromatic rings. The Morgan fingerprint density at radius 2 is 2.00 bits per heavy atom. The van der Waals surface area contributed by atoms with Gasteiger partial charge in [0.25, 0.3) is 0 Å². The second-order valence-corrected chi connectivity index (χ2v) is 7.05. The van der Waals surface area contributed by atoms with Crippen molar-refractivity contribution in [1.82, 2.24) is 14.7 Å². The quantitative estimate of drug-likeness (QED) is 0.841. The molecular formula is C19H29N3O2. The van der Waals surface area contributed by atoms with Crippen LogP contribution in [-0.2, 0) is 11.3 Å². The fourth-order valence-electron chi connectivity index (χ4n) is 3.71. The summed E-state index contributed by atoms with van der Waals surface area (Å²) < 4.78 is 5.31. The van der Waals surface area contributed by atoms with Crippen molar-refractivity contribution in [3.8, 4) is 5.75 Å². The van der Waals surface area contributed by atoms with Crippen LogP contribution in [0, 0.1) is 5.92 Å². The molecule has 0 bridgehead atoms. The van der Waals surface area contributed by atoms with Gasteiger partial charge in [0.15, 0.2) is 0 Å². The summed E-state index contributed by atoms with van der Waals surface area (Å²) in [6.07, 6.45) is 2.13. The monoisotopic (exact) mass is 331 g/mol. The number of methoxy groups -OCH3 is 1. The summed E-state index contributed by atoms with van der Waals surface area (Å²) >= 11 is 0. The van der Waals surface area contributed by atoms with E-state index in [2.05, 4.69) is 33.9 Å². The predicted molar refractivity (Wildman–Crippen MR) is 95.1 cm³/mol. The molecule has 0 spiro atoms. The van der Waals surface area contributed by atoms with Crippen LogP contribution in [0.15, 0.2) is 24.3 Å². The molecule has 1 amide bonds. The molecule has 1 aromatic carbocycles. The van der Waals surface area contributed by atoms with Gasteiger partial charge in [-0.05, 0) is 44.1 Å². The Morgan fingerprint density at radius 1 is 1.21 bits per heavy atom. The lowest BCUT2D eigenvalue weighted by Crippen LogP contribution is -2.51. The largest absolute Gasteiger partial charge is 0.497 e. The third-order valence-corrected chi connectivity index (χ3v) is 5.21. The van der Waals surface area contributed by atoms with Crippen LogP contribution in [0.4, 0.5) is 0 Å². The van der Waals surface area contributed by atoms with Crippen molar-refractivity contribution in [1.29, 1.82) is 0 Å². The maximum Gasteiger partial charge on any atom is 0.227 e. The number of piperidine rings is 1. The Balaban J connectivity index is 1.56. The number of amides is 1. The van der Waals surface area contributed by atoms with Crippen molar-refractivity contribution in [3.63, 3.8) is 0 Å². The lowest BCUT2D eigenvalue weighted by atomic mass is 9.95. The molecule has 2 aliphatic heterocycles. The summed E-state index contributed by atoms with van der Waals surface area (Å²) in [4.78, 5) is 19.6. The number of likely N-dealkylation sites (N-methyl/N-ethyl adjacent to an activating group) is 1. The van der Waals surface area contributed by atoms with Gasteiger partial charge in [0.1, 0.15) is 5.75 Å². The van der Waals surface area contributed by atoms with E-state index in [4.69, 9.17) is 4.74 Å². The summed E-state index contributed by atoms with van der Waals surface area (Å²) in [5, 5.41) is 0. The molecule has 2 aliphatic rings. The highest BCUT2D eigenvalue weighted by Crippen LogP contribution is 2.22. The number of rotatable bonds is 4. The molecule has 0 radical (unpaired) electrons. The van der Waals surface area contributed by atoms with Crippen LogP contribution in [-0.4, -0.2) is 74.0 Å². The molecule has 5 nitrogen and oxygen atoms in total. The highest BCUT2D eigenvalue weighted by atomic mass is 16.5. The second-order valence-electron chi connectivity index (χ2n) is 7.05. The molecular weight excluding hydrogens is 302 g/mol. The Hall–Kier alpha value is -1.59. The number of ether oxygens (including phenoxy) is 1. The molecule has 1 atom stereocenters. The van der Waals surface area contributed by atoms with Crippen molar-refractivity contribution >= 4 is 5.91 Å². The molecule has 2 heterocycles. The minimum Gasteiger partial charge on any atom is -0.497 e. The van der Waals surface area contributed by atoms with Crippen molar-refractivity contribution < 1.29 is 9.53 Å². The van der Waals surface area contributed by atoms with E-state index in [-0.39, 0.29) is 5.92 Å². The molecule has 0 N–H and O–H groups in total. The van der Waals surface area contributed by atoms with Gasteiger partial charge in [0.2, 0.25) is 5.91 Å². The van der Waals surface area contributed by atoms with E-state index < -0.39 is 0 Å². The Bertz CT molecular complexity index is 555. The van der Waals surface area contributed by atoms with Crippen molar-refractivity contribution in [2.75, 3.05) is 53.4 Å². The summed E-state index contributed by atoms with van der Waals surface area (Å²) in [6.45, 7) is 6.58. The van der Waals surface area contributed by atoms with Crippen LogP contribution >= 0.6 is 0 Å². The lowest BCUT2D eigenvalue weighted by Gasteiger charge is -2.38. The number of carbonyl (C=O) groups is 1. The van der Waals surface area contributed by atoms with Crippen LogP contribution < -0.4 is 4.74 Å².